The van der Waals surface area contributed by atoms with Crippen molar-refractivity contribution in [3.63, 3.8) is 0 Å². The molecule has 0 atom stereocenters. The van der Waals surface area contributed by atoms with Crippen molar-refractivity contribution in [1.29, 1.82) is 0 Å². The highest BCUT2D eigenvalue weighted by atomic mass is 32.2. The first-order chi connectivity index (χ1) is 15.2. The van der Waals surface area contributed by atoms with Gasteiger partial charge in [-0.05, 0) is 24.3 Å². The molecule has 0 radical (unpaired) electrons. The number of thioether (sulfide) groups is 1. The Labute approximate surface area is 180 Å². The van der Waals surface area contributed by atoms with Gasteiger partial charge >= 0.3 is 0 Å². The van der Waals surface area contributed by atoms with E-state index >= 15 is 0 Å². The molecule has 1 N–H and O–H groups in total. The molecule has 0 aliphatic carbocycles. The quantitative estimate of drug-likeness (QED) is 0.367. The molecule has 31 heavy (non-hydrogen) atoms. The molecule has 0 aliphatic heterocycles. The number of H-pyrrole nitrogens is 1. The molecule has 0 spiro atoms. The van der Waals surface area contributed by atoms with Crippen LogP contribution in [0.5, 0.6) is 11.5 Å². The number of hydrogen-bond donors (Lipinski definition) is 1. The van der Waals surface area contributed by atoms with Crippen LogP contribution < -0.4 is 9.47 Å². The van der Waals surface area contributed by atoms with Gasteiger partial charge in [0.2, 0.25) is 11.7 Å². The lowest BCUT2D eigenvalue weighted by atomic mass is 10.2. The van der Waals surface area contributed by atoms with E-state index in [0.29, 0.717) is 40.1 Å². The van der Waals surface area contributed by atoms with Crippen LogP contribution in [-0.2, 0) is 5.75 Å². The molecule has 0 amide bonds. The minimum atomic E-state index is 0.399. The third kappa shape index (κ3) is 3.73. The molecule has 0 aliphatic rings. The second-order valence-electron chi connectivity index (χ2n) is 6.49. The molecule has 5 aromatic rings. The third-order valence-corrected chi connectivity index (χ3v) is 5.46. The Morgan fingerprint density at radius 2 is 1.90 bits per heavy atom. The monoisotopic (exact) mass is 435 g/mol. The highest BCUT2D eigenvalue weighted by Gasteiger charge is 2.16. The van der Waals surface area contributed by atoms with Crippen LogP contribution in [0.15, 0.2) is 62.8 Å². The van der Waals surface area contributed by atoms with E-state index in [9.17, 15) is 0 Å². The van der Waals surface area contributed by atoms with E-state index < -0.39 is 0 Å². The van der Waals surface area contributed by atoms with Gasteiger partial charge in [0, 0.05) is 22.7 Å². The molecule has 0 unspecified atom stereocenters. The zero-order valence-corrected chi connectivity index (χ0v) is 17.5. The number of nitrogens with one attached hydrogen (secondary N) is 1. The van der Waals surface area contributed by atoms with E-state index in [1.54, 1.807) is 26.4 Å². The van der Waals surface area contributed by atoms with Gasteiger partial charge in [-0.25, -0.2) is 0 Å². The zero-order valence-electron chi connectivity index (χ0n) is 16.7. The molecule has 5 rings (SSSR count). The number of para-hydroxylation sites is 1. The SMILES string of the molecule is COc1ccc(-c2noc(CSc3nnc(-c4c[nH]c5ccccc45)o3)n2)cc1OC. The van der Waals surface area contributed by atoms with Crippen LogP contribution in [0.4, 0.5) is 0 Å². The first-order valence-corrected chi connectivity index (χ1v) is 10.3. The average molecular weight is 435 g/mol. The number of fused-ring (bicyclic) bond motifs is 1. The molecule has 156 valence electrons. The molecule has 0 saturated carbocycles. The van der Waals surface area contributed by atoms with E-state index in [1.165, 1.54) is 11.8 Å². The summed E-state index contributed by atoms with van der Waals surface area (Å²) in [5, 5.41) is 13.8. The Kier molecular flexibility index (Phi) is 5.04. The molecule has 3 aromatic heterocycles. The van der Waals surface area contributed by atoms with Crippen molar-refractivity contribution in [2.24, 2.45) is 0 Å². The third-order valence-electron chi connectivity index (χ3n) is 4.66. The van der Waals surface area contributed by atoms with Crippen LogP contribution in [0.1, 0.15) is 5.89 Å². The van der Waals surface area contributed by atoms with Crippen molar-refractivity contribution >= 4 is 22.7 Å². The molecule has 10 heteroatoms. The van der Waals surface area contributed by atoms with Crippen LogP contribution in [0, 0.1) is 0 Å². The van der Waals surface area contributed by atoms with Gasteiger partial charge < -0.3 is 23.4 Å². The van der Waals surface area contributed by atoms with Crippen LogP contribution in [0.2, 0.25) is 0 Å². The van der Waals surface area contributed by atoms with Gasteiger partial charge in [-0.1, -0.05) is 35.1 Å². The first-order valence-electron chi connectivity index (χ1n) is 9.33. The van der Waals surface area contributed by atoms with E-state index in [0.717, 1.165) is 22.0 Å². The summed E-state index contributed by atoms with van der Waals surface area (Å²) in [5.74, 6) is 2.99. The summed E-state index contributed by atoms with van der Waals surface area (Å²) in [6.45, 7) is 0. The number of ether oxygens (including phenoxy) is 2. The highest BCUT2D eigenvalue weighted by Crippen LogP contribution is 2.32. The van der Waals surface area contributed by atoms with Crippen molar-refractivity contribution in [2.75, 3.05) is 14.2 Å². The summed E-state index contributed by atoms with van der Waals surface area (Å²) in [4.78, 5) is 7.64. The van der Waals surface area contributed by atoms with E-state index in [4.69, 9.17) is 18.4 Å². The average Bonchev–Trinajstić information content (AvgIpc) is 3.56. The molecule has 0 bridgehead atoms. The molecule has 2 aromatic carbocycles. The minimum absolute atomic E-state index is 0.399. The molecule has 3 heterocycles. The normalized spacial score (nSPS) is 11.2. The van der Waals surface area contributed by atoms with Gasteiger partial charge in [0.05, 0.1) is 25.5 Å². The van der Waals surface area contributed by atoms with E-state index in [-0.39, 0.29) is 0 Å². The van der Waals surface area contributed by atoms with Crippen LogP contribution in [0.25, 0.3) is 33.7 Å². The lowest BCUT2D eigenvalue weighted by molar-refractivity contribution is 0.355. The fourth-order valence-electron chi connectivity index (χ4n) is 3.15. The van der Waals surface area contributed by atoms with Crippen LogP contribution in [-0.4, -0.2) is 39.5 Å². The molecule has 0 fully saturated rings. The fraction of sp³-hybridized carbons (Fsp3) is 0.143. The number of hydrogen-bond acceptors (Lipinski definition) is 9. The van der Waals surface area contributed by atoms with Gasteiger partial charge in [-0.15, -0.1) is 10.2 Å². The number of nitrogens with zero attached hydrogens (tertiary/aromatic N) is 4. The second kappa shape index (κ2) is 8.15. The van der Waals surface area contributed by atoms with Crippen LogP contribution in [0.3, 0.4) is 0 Å². The van der Waals surface area contributed by atoms with Crippen molar-refractivity contribution in [1.82, 2.24) is 25.3 Å². The molecule has 9 nitrogen and oxygen atoms in total. The maximum Gasteiger partial charge on any atom is 0.277 e. The van der Waals surface area contributed by atoms with Gasteiger partial charge in [-0.2, -0.15) is 4.98 Å². The fourth-order valence-corrected chi connectivity index (χ4v) is 3.76. The summed E-state index contributed by atoms with van der Waals surface area (Å²) < 4.78 is 21.7. The van der Waals surface area contributed by atoms with Crippen LogP contribution >= 0.6 is 11.8 Å². The number of benzene rings is 2. The lowest BCUT2D eigenvalue weighted by Gasteiger charge is -2.07. The topological polar surface area (TPSA) is 112 Å². The van der Waals surface area contributed by atoms with Crippen molar-refractivity contribution < 1.29 is 18.4 Å². The summed E-state index contributed by atoms with van der Waals surface area (Å²) in [6.07, 6.45) is 1.86. The molecule has 0 saturated heterocycles. The summed E-state index contributed by atoms with van der Waals surface area (Å²) in [5.41, 5.74) is 2.64. The Morgan fingerprint density at radius 1 is 1.03 bits per heavy atom. The molecular weight excluding hydrogens is 418 g/mol. The predicted octanol–water partition coefficient (Wildman–Crippen LogP) is 4.58. The summed E-state index contributed by atoms with van der Waals surface area (Å²) in [7, 11) is 3.16. The maximum absolute atomic E-state index is 5.81. The molecular formula is C21H17N5O4S. The second-order valence-corrected chi connectivity index (χ2v) is 7.42. The minimum Gasteiger partial charge on any atom is -0.493 e. The van der Waals surface area contributed by atoms with E-state index in [1.807, 2.05) is 36.5 Å². The van der Waals surface area contributed by atoms with Crippen molar-refractivity contribution in [3.05, 3.63) is 54.6 Å². The van der Waals surface area contributed by atoms with Crippen molar-refractivity contribution in [2.45, 2.75) is 11.0 Å². The standard InChI is InChI=1S/C21H17N5O4S/c1-27-16-8-7-12(9-17(16)28-2)19-23-18(30-26-19)11-31-21-25-24-20(29-21)14-10-22-15-6-4-3-5-13(14)15/h3-10,22H,11H2,1-2H3. The largest absolute Gasteiger partial charge is 0.493 e. The Hall–Kier alpha value is -3.79. The van der Waals surface area contributed by atoms with Gasteiger partial charge in [-0.3, -0.25) is 0 Å². The summed E-state index contributed by atoms with van der Waals surface area (Å²) in [6, 6.07) is 13.4. The number of rotatable bonds is 7. The Bertz CT molecular complexity index is 1340. The van der Waals surface area contributed by atoms with Gasteiger partial charge in [0.15, 0.2) is 11.5 Å². The zero-order chi connectivity index (χ0) is 21.2. The number of methoxy groups -OCH3 is 2. The smallest absolute Gasteiger partial charge is 0.277 e. The lowest BCUT2D eigenvalue weighted by Crippen LogP contribution is -1.91. The number of aromatic amines is 1. The van der Waals surface area contributed by atoms with Crippen molar-refractivity contribution in [3.8, 4) is 34.3 Å². The number of aromatic nitrogens is 5. The van der Waals surface area contributed by atoms with E-state index in [2.05, 4.69) is 25.3 Å². The maximum atomic E-state index is 5.81. The summed E-state index contributed by atoms with van der Waals surface area (Å²) >= 11 is 1.33. The highest BCUT2D eigenvalue weighted by molar-refractivity contribution is 7.98. The van der Waals surface area contributed by atoms with Gasteiger partial charge in [0.25, 0.3) is 11.1 Å². The predicted molar refractivity (Wildman–Crippen MR) is 114 cm³/mol. The van der Waals surface area contributed by atoms with Gasteiger partial charge in [0.1, 0.15) is 0 Å². The Morgan fingerprint density at radius 3 is 2.77 bits per heavy atom. The first kappa shape index (κ1) is 19.2. The Balaban J connectivity index is 1.29.